The molecule has 0 aromatic heterocycles. The molecule has 8 heteroatoms. The van der Waals surface area contributed by atoms with E-state index in [1.54, 1.807) is 7.05 Å². The molecule has 0 atom stereocenters. The summed E-state index contributed by atoms with van der Waals surface area (Å²) in [5, 5.41) is 6.49. The molecule has 1 fully saturated rings. The van der Waals surface area contributed by atoms with Gasteiger partial charge in [-0.2, -0.15) is 13.2 Å². The molecule has 1 aliphatic heterocycles. The van der Waals surface area contributed by atoms with Crippen molar-refractivity contribution in [2.75, 3.05) is 46.4 Å². The molecule has 0 radical (unpaired) electrons. The minimum absolute atomic E-state index is 0.0823. The molecule has 1 saturated heterocycles. The maximum absolute atomic E-state index is 11.9. The summed E-state index contributed by atoms with van der Waals surface area (Å²) >= 11 is 0. The number of piperidine rings is 1. The molecule has 1 rings (SSSR count). The van der Waals surface area contributed by atoms with Crippen molar-refractivity contribution in [1.29, 1.82) is 0 Å². The predicted octanol–water partition coefficient (Wildman–Crippen LogP) is 1.99. The Bertz CT molecular complexity index is 342. The second kappa shape index (κ2) is 10.7. The second-order valence-corrected chi connectivity index (χ2v) is 5.78. The van der Waals surface area contributed by atoms with Crippen LogP contribution < -0.4 is 10.6 Å². The van der Waals surface area contributed by atoms with Crippen molar-refractivity contribution in [1.82, 2.24) is 15.5 Å². The van der Waals surface area contributed by atoms with Gasteiger partial charge in [0.15, 0.2) is 5.96 Å². The first kappa shape index (κ1) is 20.0. The van der Waals surface area contributed by atoms with Gasteiger partial charge in [-0.05, 0) is 32.2 Å². The monoisotopic (exact) mass is 338 g/mol. The highest BCUT2D eigenvalue weighted by Crippen LogP contribution is 2.14. The Morgan fingerprint density at radius 3 is 2.57 bits per heavy atom. The molecule has 136 valence electrons. The quantitative estimate of drug-likeness (QED) is 0.404. The van der Waals surface area contributed by atoms with Crippen molar-refractivity contribution in [2.24, 2.45) is 4.99 Å². The largest absolute Gasteiger partial charge is 0.411 e. The number of ether oxygens (including phenoxy) is 1. The van der Waals surface area contributed by atoms with E-state index in [2.05, 4.69) is 32.2 Å². The maximum atomic E-state index is 11.9. The lowest BCUT2D eigenvalue weighted by molar-refractivity contribution is -0.173. The lowest BCUT2D eigenvalue weighted by Crippen LogP contribution is -2.49. The number of nitrogens with one attached hydrogen (secondary N) is 2. The van der Waals surface area contributed by atoms with Gasteiger partial charge in [-0.1, -0.05) is 6.92 Å². The van der Waals surface area contributed by atoms with Gasteiger partial charge >= 0.3 is 6.18 Å². The Kier molecular flexibility index (Phi) is 9.31. The van der Waals surface area contributed by atoms with Gasteiger partial charge in [-0.25, -0.2) is 0 Å². The van der Waals surface area contributed by atoms with Crippen LogP contribution in [0.15, 0.2) is 4.99 Å². The SMILES string of the molecule is CCCN1CCC(NC(=NC)NCCCOCC(F)(F)F)CC1. The van der Waals surface area contributed by atoms with Crippen LogP contribution in [0.2, 0.25) is 0 Å². The maximum Gasteiger partial charge on any atom is 0.411 e. The van der Waals surface area contributed by atoms with Crippen molar-refractivity contribution >= 4 is 5.96 Å². The van der Waals surface area contributed by atoms with Gasteiger partial charge in [-0.3, -0.25) is 4.99 Å². The van der Waals surface area contributed by atoms with Crippen LogP contribution in [-0.4, -0.2) is 69.5 Å². The Morgan fingerprint density at radius 1 is 1.30 bits per heavy atom. The zero-order chi connectivity index (χ0) is 17.1. The van der Waals surface area contributed by atoms with Crippen LogP contribution in [0.5, 0.6) is 0 Å². The lowest BCUT2D eigenvalue weighted by atomic mass is 10.1. The molecular weight excluding hydrogens is 309 g/mol. The molecule has 23 heavy (non-hydrogen) atoms. The van der Waals surface area contributed by atoms with Crippen LogP contribution >= 0.6 is 0 Å². The van der Waals surface area contributed by atoms with Crippen LogP contribution in [0, 0.1) is 0 Å². The molecule has 0 amide bonds. The van der Waals surface area contributed by atoms with E-state index in [0.717, 1.165) is 32.5 Å². The number of likely N-dealkylation sites (tertiary alicyclic amines) is 1. The summed E-state index contributed by atoms with van der Waals surface area (Å²) in [6.45, 7) is 4.95. The predicted molar refractivity (Wildman–Crippen MR) is 85.7 cm³/mol. The van der Waals surface area contributed by atoms with E-state index in [1.165, 1.54) is 6.42 Å². The van der Waals surface area contributed by atoms with Gasteiger partial charge < -0.3 is 20.3 Å². The van der Waals surface area contributed by atoms with E-state index in [0.29, 0.717) is 25.0 Å². The summed E-state index contributed by atoms with van der Waals surface area (Å²) in [6.07, 6.45) is -0.411. The fourth-order valence-corrected chi connectivity index (χ4v) is 2.57. The van der Waals surface area contributed by atoms with Crippen LogP contribution in [-0.2, 0) is 4.74 Å². The highest BCUT2D eigenvalue weighted by molar-refractivity contribution is 5.79. The number of aliphatic imine (C=N–C) groups is 1. The van der Waals surface area contributed by atoms with E-state index in [4.69, 9.17) is 0 Å². The molecule has 0 spiro atoms. The number of halogens is 3. The first-order valence-electron chi connectivity index (χ1n) is 8.28. The molecular formula is C15H29F3N4O. The zero-order valence-corrected chi connectivity index (χ0v) is 14.1. The van der Waals surface area contributed by atoms with E-state index in [1.807, 2.05) is 0 Å². The number of guanidine groups is 1. The third-order valence-corrected chi connectivity index (χ3v) is 3.72. The Hall–Kier alpha value is -1.02. The molecule has 0 unspecified atom stereocenters. The van der Waals surface area contributed by atoms with E-state index < -0.39 is 12.8 Å². The average Bonchev–Trinajstić information content (AvgIpc) is 2.50. The van der Waals surface area contributed by atoms with Crippen LogP contribution in [0.25, 0.3) is 0 Å². The fraction of sp³-hybridized carbons (Fsp3) is 0.933. The van der Waals surface area contributed by atoms with E-state index in [-0.39, 0.29) is 6.61 Å². The normalized spacial score (nSPS) is 18.2. The van der Waals surface area contributed by atoms with Gasteiger partial charge in [0, 0.05) is 39.3 Å². The summed E-state index contributed by atoms with van der Waals surface area (Å²) in [5.41, 5.74) is 0. The highest BCUT2D eigenvalue weighted by Gasteiger charge is 2.27. The van der Waals surface area contributed by atoms with Gasteiger partial charge in [0.25, 0.3) is 0 Å². The van der Waals surface area contributed by atoms with Crippen LogP contribution in [0.1, 0.15) is 32.6 Å². The minimum atomic E-state index is -4.25. The van der Waals surface area contributed by atoms with E-state index >= 15 is 0 Å². The van der Waals surface area contributed by atoms with Crippen molar-refractivity contribution in [2.45, 2.75) is 44.8 Å². The summed E-state index contributed by atoms with van der Waals surface area (Å²) in [5.74, 6) is 0.703. The van der Waals surface area contributed by atoms with Gasteiger partial charge in [-0.15, -0.1) is 0 Å². The van der Waals surface area contributed by atoms with Crippen LogP contribution in [0.3, 0.4) is 0 Å². The Morgan fingerprint density at radius 2 is 2.00 bits per heavy atom. The van der Waals surface area contributed by atoms with Gasteiger partial charge in [0.2, 0.25) is 0 Å². The number of rotatable bonds is 8. The van der Waals surface area contributed by atoms with Gasteiger partial charge in [0.05, 0.1) is 0 Å². The lowest BCUT2D eigenvalue weighted by Gasteiger charge is -2.32. The standard InChI is InChI=1S/C15H29F3N4O/c1-3-8-22-9-5-13(6-10-22)21-14(19-2)20-7-4-11-23-12-15(16,17)18/h13H,3-12H2,1-2H3,(H2,19,20,21). The molecule has 0 bridgehead atoms. The van der Waals surface area contributed by atoms with Gasteiger partial charge in [0.1, 0.15) is 6.61 Å². The van der Waals surface area contributed by atoms with Crippen LogP contribution in [0.4, 0.5) is 13.2 Å². The molecule has 0 saturated carbocycles. The number of hydrogen-bond donors (Lipinski definition) is 2. The second-order valence-electron chi connectivity index (χ2n) is 5.78. The number of alkyl halides is 3. The first-order valence-corrected chi connectivity index (χ1v) is 8.28. The summed E-state index contributed by atoms with van der Waals surface area (Å²) < 4.78 is 40.3. The number of nitrogens with zero attached hydrogens (tertiary/aromatic N) is 2. The molecule has 0 aliphatic carbocycles. The van der Waals surface area contributed by atoms with Crippen molar-refractivity contribution in [3.63, 3.8) is 0 Å². The summed E-state index contributed by atoms with van der Waals surface area (Å²) in [7, 11) is 1.70. The number of hydrogen-bond acceptors (Lipinski definition) is 3. The molecule has 5 nitrogen and oxygen atoms in total. The summed E-state index contributed by atoms with van der Waals surface area (Å²) in [6, 6.07) is 0.399. The molecule has 0 aromatic carbocycles. The topological polar surface area (TPSA) is 48.9 Å². The highest BCUT2D eigenvalue weighted by atomic mass is 19.4. The Balaban J connectivity index is 2.11. The molecule has 1 aliphatic rings. The minimum Gasteiger partial charge on any atom is -0.372 e. The average molecular weight is 338 g/mol. The smallest absolute Gasteiger partial charge is 0.372 e. The third kappa shape index (κ3) is 9.65. The molecule has 2 N–H and O–H groups in total. The van der Waals surface area contributed by atoms with E-state index in [9.17, 15) is 13.2 Å². The zero-order valence-electron chi connectivity index (χ0n) is 14.1. The molecule has 1 heterocycles. The summed E-state index contributed by atoms with van der Waals surface area (Å²) in [4.78, 5) is 6.62. The van der Waals surface area contributed by atoms with Crippen molar-refractivity contribution in [3.05, 3.63) is 0 Å². The molecule has 0 aromatic rings. The fourth-order valence-electron chi connectivity index (χ4n) is 2.57. The Labute approximate surface area is 136 Å². The first-order chi connectivity index (χ1) is 10.9. The van der Waals surface area contributed by atoms with Crippen molar-refractivity contribution in [3.8, 4) is 0 Å². The van der Waals surface area contributed by atoms with Crippen molar-refractivity contribution < 1.29 is 17.9 Å². The third-order valence-electron chi connectivity index (χ3n) is 3.72.